The summed E-state index contributed by atoms with van der Waals surface area (Å²) in [4.78, 5) is 23.5. The highest BCUT2D eigenvalue weighted by atomic mass is 16.5. The minimum atomic E-state index is -0.291. The summed E-state index contributed by atoms with van der Waals surface area (Å²) in [6.45, 7) is 0. The van der Waals surface area contributed by atoms with Gasteiger partial charge in [-0.15, -0.1) is 0 Å². The normalized spacial score (nSPS) is 38.6. The van der Waals surface area contributed by atoms with Crippen LogP contribution in [-0.2, 0) is 14.3 Å². The lowest BCUT2D eigenvalue weighted by atomic mass is 9.73. The first-order valence-electron chi connectivity index (χ1n) is 6.14. The quantitative estimate of drug-likeness (QED) is 0.512. The van der Waals surface area contributed by atoms with Gasteiger partial charge in [-0.1, -0.05) is 18.2 Å². The standard InChI is InChI=1S/C14H16O3/c1-17-13(16)11-8-10(15)4-2-9-3-5-12(11)14(9)6-7-14/h2-5,9,11-12H,6-8H2,1H3/b4-2-/t9?,11-,12?/m0/s1. The Bertz CT molecular complexity index is 429. The van der Waals surface area contributed by atoms with Crippen molar-refractivity contribution in [2.75, 3.05) is 7.11 Å². The summed E-state index contributed by atoms with van der Waals surface area (Å²) in [7, 11) is 1.40. The third-order valence-electron chi connectivity index (χ3n) is 4.53. The molecule has 0 aliphatic heterocycles. The average molecular weight is 232 g/mol. The predicted molar refractivity (Wildman–Crippen MR) is 62.1 cm³/mol. The van der Waals surface area contributed by atoms with E-state index in [2.05, 4.69) is 12.2 Å². The molecule has 3 atom stereocenters. The molecule has 3 nitrogen and oxygen atoms in total. The Balaban J connectivity index is 1.99. The van der Waals surface area contributed by atoms with E-state index in [0.29, 0.717) is 5.92 Å². The number of allylic oxidation sites excluding steroid dienone is 4. The second-order valence-electron chi connectivity index (χ2n) is 5.33. The second kappa shape index (κ2) is 3.56. The van der Waals surface area contributed by atoms with Crippen molar-refractivity contribution in [1.82, 2.24) is 0 Å². The zero-order chi connectivity index (χ0) is 12.0. The zero-order valence-electron chi connectivity index (χ0n) is 9.89. The fraction of sp³-hybridized carbons (Fsp3) is 0.571. The molecule has 0 aromatic carbocycles. The minimum Gasteiger partial charge on any atom is -0.469 e. The van der Waals surface area contributed by atoms with Gasteiger partial charge in [-0.25, -0.2) is 0 Å². The zero-order valence-corrected chi connectivity index (χ0v) is 9.89. The Morgan fingerprint density at radius 2 is 2.12 bits per heavy atom. The molecule has 1 saturated carbocycles. The molecule has 2 unspecified atom stereocenters. The molecule has 1 fully saturated rings. The van der Waals surface area contributed by atoms with Gasteiger partial charge < -0.3 is 4.74 Å². The number of esters is 1. The van der Waals surface area contributed by atoms with Crippen molar-refractivity contribution in [3.05, 3.63) is 24.3 Å². The van der Waals surface area contributed by atoms with E-state index in [4.69, 9.17) is 4.74 Å². The number of carbonyl (C=O) groups excluding carboxylic acids is 2. The van der Waals surface area contributed by atoms with Gasteiger partial charge in [0.15, 0.2) is 5.78 Å². The number of ketones is 1. The molecule has 0 heterocycles. The third-order valence-corrected chi connectivity index (χ3v) is 4.53. The summed E-state index contributed by atoms with van der Waals surface area (Å²) in [5, 5.41) is 0. The topological polar surface area (TPSA) is 43.4 Å². The van der Waals surface area contributed by atoms with E-state index in [1.165, 1.54) is 7.11 Å². The first kappa shape index (κ1) is 10.8. The van der Waals surface area contributed by atoms with E-state index in [1.807, 2.05) is 6.08 Å². The van der Waals surface area contributed by atoms with Gasteiger partial charge in [0.05, 0.1) is 13.0 Å². The predicted octanol–water partition coefficient (Wildman–Crippen LogP) is 1.89. The van der Waals surface area contributed by atoms with Gasteiger partial charge >= 0.3 is 5.97 Å². The molecule has 0 amide bonds. The van der Waals surface area contributed by atoms with Crippen LogP contribution in [0, 0.1) is 23.2 Å². The van der Waals surface area contributed by atoms with Crippen LogP contribution in [0.5, 0.6) is 0 Å². The molecule has 0 aromatic rings. The van der Waals surface area contributed by atoms with Crippen molar-refractivity contribution in [3.8, 4) is 0 Å². The van der Waals surface area contributed by atoms with E-state index < -0.39 is 0 Å². The van der Waals surface area contributed by atoms with Gasteiger partial charge in [0.1, 0.15) is 0 Å². The van der Waals surface area contributed by atoms with Crippen LogP contribution in [-0.4, -0.2) is 18.9 Å². The Hall–Kier alpha value is -1.38. The van der Waals surface area contributed by atoms with Crippen molar-refractivity contribution in [3.63, 3.8) is 0 Å². The number of ether oxygens (including phenoxy) is 1. The molecule has 3 heteroatoms. The van der Waals surface area contributed by atoms with Gasteiger partial charge in [0.2, 0.25) is 0 Å². The van der Waals surface area contributed by atoms with Crippen LogP contribution in [0.25, 0.3) is 0 Å². The monoisotopic (exact) mass is 232 g/mol. The van der Waals surface area contributed by atoms with E-state index in [0.717, 1.165) is 12.8 Å². The van der Waals surface area contributed by atoms with Crippen LogP contribution in [0.4, 0.5) is 0 Å². The van der Waals surface area contributed by atoms with Gasteiger partial charge in [-0.05, 0) is 30.3 Å². The number of methoxy groups -OCH3 is 1. The highest BCUT2D eigenvalue weighted by Gasteiger charge is 2.58. The van der Waals surface area contributed by atoms with E-state index >= 15 is 0 Å². The molecule has 2 bridgehead atoms. The molecular weight excluding hydrogens is 216 g/mol. The Kier molecular flexibility index (Phi) is 2.25. The maximum Gasteiger partial charge on any atom is 0.309 e. The summed E-state index contributed by atoms with van der Waals surface area (Å²) >= 11 is 0. The van der Waals surface area contributed by atoms with Gasteiger partial charge in [-0.3, -0.25) is 9.59 Å². The molecule has 3 rings (SSSR count). The number of hydrogen-bond donors (Lipinski definition) is 0. The van der Waals surface area contributed by atoms with Gasteiger partial charge in [-0.2, -0.15) is 0 Å². The summed E-state index contributed by atoms with van der Waals surface area (Å²) < 4.78 is 4.86. The van der Waals surface area contributed by atoms with Crippen LogP contribution >= 0.6 is 0 Å². The lowest BCUT2D eigenvalue weighted by Crippen LogP contribution is -2.33. The maximum absolute atomic E-state index is 11.8. The highest BCUT2D eigenvalue weighted by molar-refractivity contribution is 5.93. The number of carbonyl (C=O) groups is 2. The summed E-state index contributed by atoms with van der Waals surface area (Å²) in [6.07, 6.45) is 10.5. The summed E-state index contributed by atoms with van der Waals surface area (Å²) in [6, 6.07) is 0. The van der Waals surface area contributed by atoms with Gasteiger partial charge in [0.25, 0.3) is 0 Å². The molecule has 0 saturated heterocycles. The fourth-order valence-corrected chi connectivity index (χ4v) is 3.45. The van der Waals surface area contributed by atoms with Crippen LogP contribution in [0.2, 0.25) is 0 Å². The number of hydrogen-bond acceptors (Lipinski definition) is 3. The van der Waals surface area contributed by atoms with Crippen molar-refractivity contribution in [2.24, 2.45) is 23.2 Å². The first-order valence-corrected chi connectivity index (χ1v) is 6.14. The summed E-state index contributed by atoms with van der Waals surface area (Å²) in [5.74, 6) is 0.0313. The van der Waals surface area contributed by atoms with Crippen molar-refractivity contribution in [2.45, 2.75) is 19.3 Å². The number of rotatable bonds is 1. The van der Waals surface area contributed by atoms with Crippen LogP contribution < -0.4 is 0 Å². The molecule has 90 valence electrons. The maximum atomic E-state index is 11.8. The minimum absolute atomic E-state index is 0.0367. The third kappa shape index (κ3) is 1.48. The van der Waals surface area contributed by atoms with Crippen LogP contribution in [0.15, 0.2) is 24.3 Å². The fourth-order valence-electron chi connectivity index (χ4n) is 3.45. The molecule has 0 aromatic heterocycles. The average Bonchev–Trinajstić information content (AvgIpc) is 3.00. The van der Waals surface area contributed by atoms with E-state index in [-0.39, 0.29) is 35.4 Å². The van der Waals surface area contributed by atoms with E-state index in [1.54, 1.807) is 6.08 Å². The molecule has 0 N–H and O–H groups in total. The molecule has 3 aliphatic rings. The lowest BCUT2D eigenvalue weighted by Gasteiger charge is -2.29. The van der Waals surface area contributed by atoms with E-state index in [9.17, 15) is 9.59 Å². The Labute approximate surface area is 101 Å². The highest BCUT2D eigenvalue weighted by Crippen LogP contribution is 2.64. The van der Waals surface area contributed by atoms with Crippen LogP contribution in [0.1, 0.15) is 19.3 Å². The molecule has 1 spiro atoms. The SMILES string of the molecule is COC(=O)[C@H]1CC(=O)/C=C\C2C=CC1C21CC1. The second-order valence-corrected chi connectivity index (χ2v) is 5.33. The molecule has 17 heavy (non-hydrogen) atoms. The van der Waals surface area contributed by atoms with Crippen molar-refractivity contribution < 1.29 is 14.3 Å². The molecular formula is C14H16O3. The van der Waals surface area contributed by atoms with Crippen LogP contribution in [0.3, 0.4) is 0 Å². The Morgan fingerprint density at radius 1 is 1.35 bits per heavy atom. The largest absolute Gasteiger partial charge is 0.469 e. The molecule has 0 radical (unpaired) electrons. The van der Waals surface area contributed by atoms with Crippen molar-refractivity contribution >= 4 is 11.8 Å². The van der Waals surface area contributed by atoms with Gasteiger partial charge in [0, 0.05) is 12.3 Å². The lowest BCUT2D eigenvalue weighted by molar-refractivity contribution is -0.149. The first-order chi connectivity index (χ1) is 8.17. The van der Waals surface area contributed by atoms with Crippen molar-refractivity contribution in [1.29, 1.82) is 0 Å². The summed E-state index contributed by atoms with van der Waals surface area (Å²) in [5.41, 5.74) is 0.218. The molecule has 3 aliphatic carbocycles. The smallest absolute Gasteiger partial charge is 0.309 e. The Morgan fingerprint density at radius 3 is 2.76 bits per heavy atom.